The number of carbonyl (C=O) groups excluding carboxylic acids is 1. The van der Waals surface area contributed by atoms with Gasteiger partial charge >= 0.3 is 0 Å². The summed E-state index contributed by atoms with van der Waals surface area (Å²) in [5, 5.41) is 3.85. The molecule has 2 saturated heterocycles. The van der Waals surface area contributed by atoms with E-state index in [1.54, 1.807) is 26.4 Å². The minimum absolute atomic E-state index is 0.000801. The average molecular weight is 585 g/mol. The monoisotopic (exact) mass is 583 g/mol. The van der Waals surface area contributed by atoms with Crippen LogP contribution in [0.15, 0.2) is 41.3 Å². The van der Waals surface area contributed by atoms with Gasteiger partial charge in [0.1, 0.15) is 4.90 Å². The Hall–Kier alpha value is -2.04. The van der Waals surface area contributed by atoms with Crippen LogP contribution in [-0.4, -0.2) is 69.1 Å². The molecule has 2 heterocycles. The number of rotatable bonds is 9. The Morgan fingerprint density at radius 1 is 1.11 bits per heavy atom. The predicted octanol–water partition coefficient (Wildman–Crippen LogP) is 4.58. The van der Waals surface area contributed by atoms with Crippen molar-refractivity contribution < 1.29 is 22.7 Å². The smallest absolute Gasteiger partial charge is 0.244 e. The number of amides is 1. The van der Waals surface area contributed by atoms with Crippen LogP contribution in [0.4, 0.5) is 0 Å². The van der Waals surface area contributed by atoms with Crippen LogP contribution in [0.2, 0.25) is 10.0 Å². The molecule has 38 heavy (non-hydrogen) atoms. The Morgan fingerprint density at radius 2 is 1.79 bits per heavy atom. The number of nitrogens with one attached hydrogen (secondary N) is 1. The Bertz CT molecular complexity index is 1280. The van der Waals surface area contributed by atoms with Crippen molar-refractivity contribution >= 4 is 39.1 Å². The zero-order valence-corrected chi connectivity index (χ0v) is 24.5. The van der Waals surface area contributed by atoms with Gasteiger partial charge in [-0.3, -0.25) is 10.1 Å². The number of hydrogen-bond donors (Lipinski definition) is 1. The number of methoxy groups -OCH3 is 2. The van der Waals surface area contributed by atoms with Crippen LogP contribution >= 0.6 is 23.2 Å². The molecule has 0 unspecified atom stereocenters. The Labute approximate surface area is 235 Å². The summed E-state index contributed by atoms with van der Waals surface area (Å²) in [5.41, 5.74) is 0.402. The lowest BCUT2D eigenvalue weighted by Gasteiger charge is -2.44. The maximum atomic E-state index is 13.7. The van der Waals surface area contributed by atoms with Crippen molar-refractivity contribution in [1.82, 2.24) is 14.5 Å². The molecule has 2 atom stereocenters. The second-order valence-electron chi connectivity index (χ2n) is 9.92. The number of hydrogen-bond acceptors (Lipinski definition) is 6. The lowest BCUT2D eigenvalue weighted by atomic mass is 9.96. The van der Waals surface area contributed by atoms with Crippen LogP contribution in [0.1, 0.15) is 38.7 Å². The van der Waals surface area contributed by atoms with Crippen LogP contribution in [0.3, 0.4) is 0 Å². The minimum Gasteiger partial charge on any atom is -0.493 e. The highest BCUT2D eigenvalue weighted by molar-refractivity contribution is 7.89. The Kier molecular flexibility index (Phi) is 8.84. The van der Waals surface area contributed by atoms with Crippen molar-refractivity contribution in [2.45, 2.75) is 56.1 Å². The van der Waals surface area contributed by atoms with Crippen LogP contribution in [-0.2, 0) is 21.2 Å². The van der Waals surface area contributed by atoms with Crippen molar-refractivity contribution in [2.75, 3.05) is 33.9 Å². The van der Waals surface area contributed by atoms with Crippen molar-refractivity contribution in [3.8, 4) is 11.5 Å². The topological polar surface area (TPSA) is 88.2 Å². The van der Waals surface area contributed by atoms with Gasteiger partial charge in [-0.15, -0.1) is 0 Å². The quantitative estimate of drug-likeness (QED) is 0.465. The third-order valence-electron chi connectivity index (χ3n) is 7.84. The highest BCUT2D eigenvalue weighted by atomic mass is 35.5. The van der Waals surface area contributed by atoms with Crippen LogP contribution in [0.25, 0.3) is 0 Å². The number of sulfonamides is 1. The van der Waals surface area contributed by atoms with E-state index >= 15 is 0 Å². The fourth-order valence-corrected chi connectivity index (χ4v) is 7.54. The fraction of sp³-hybridized carbons (Fsp3) is 0.519. The molecule has 0 aliphatic carbocycles. The molecule has 1 amide bonds. The van der Waals surface area contributed by atoms with Crippen LogP contribution in [0.5, 0.6) is 11.5 Å². The molecule has 0 bridgehead atoms. The SMILES string of the molecule is CC[C@H](C)[C@H]1NC2(CCN(S(=O)(=O)c3cccc(Cl)c3Cl)CC2)N(CCc2ccc(OC)c(OC)c2)C1=O. The van der Waals surface area contributed by atoms with E-state index in [0.29, 0.717) is 37.3 Å². The maximum Gasteiger partial charge on any atom is 0.244 e. The summed E-state index contributed by atoms with van der Waals surface area (Å²) in [6.07, 6.45) is 2.42. The second kappa shape index (κ2) is 11.6. The van der Waals surface area contributed by atoms with Gasteiger partial charge in [0.2, 0.25) is 15.9 Å². The van der Waals surface area contributed by atoms with Crippen molar-refractivity contribution in [3.05, 3.63) is 52.0 Å². The number of carbonyl (C=O) groups is 1. The molecule has 0 saturated carbocycles. The molecule has 0 radical (unpaired) electrons. The standard InChI is InChI=1S/C27H35Cl2N3O5S/c1-5-18(2)25-26(33)32(14-11-19-9-10-21(36-3)22(17-19)37-4)27(30-25)12-15-31(16-13-27)38(34,35)23-8-6-7-20(28)24(23)29/h6-10,17-18,25,30H,5,11-16H2,1-4H3/t18-,25+/m0/s1. The highest BCUT2D eigenvalue weighted by Gasteiger charge is 2.53. The maximum absolute atomic E-state index is 13.7. The summed E-state index contributed by atoms with van der Waals surface area (Å²) in [7, 11) is -0.645. The molecule has 1 spiro atoms. The largest absolute Gasteiger partial charge is 0.493 e. The number of benzene rings is 2. The van der Waals surface area contributed by atoms with Crippen LogP contribution in [0, 0.1) is 5.92 Å². The molecule has 208 valence electrons. The van der Waals surface area contributed by atoms with Gasteiger partial charge in [0.15, 0.2) is 11.5 Å². The van der Waals surface area contributed by atoms with E-state index in [-0.39, 0.29) is 45.9 Å². The highest BCUT2D eigenvalue weighted by Crippen LogP contribution is 2.38. The summed E-state index contributed by atoms with van der Waals surface area (Å²) < 4.78 is 39.0. The first-order valence-electron chi connectivity index (χ1n) is 12.8. The summed E-state index contributed by atoms with van der Waals surface area (Å²) in [6, 6.07) is 10.1. The molecule has 2 aliphatic rings. The van der Waals surface area contributed by atoms with E-state index in [9.17, 15) is 13.2 Å². The number of piperidine rings is 1. The Balaban J connectivity index is 1.56. The molecule has 2 aliphatic heterocycles. The van der Waals surface area contributed by atoms with Crippen molar-refractivity contribution in [1.29, 1.82) is 0 Å². The van der Waals surface area contributed by atoms with Crippen molar-refractivity contribution in [2.24, 2.45) is 5.92 Å². The van der Waals surface area contributed by atoms with Crippen LogP contribution < -0.4 is 14.8 Å². The molecule has 0 aromatic heterocycles. The molecule has 11 heteroatoms. The molecule has 1 N–H and O–H groups in total. The molecule has 2 fully saturated rings. The minimum atomic E-state index is -3.84. The van der Waals surface area contributed by atoms with E-state index < -0.39 is 15.7 Å². The summed E-state index contributed by atoms with van der Waals surface area (Å²) >= 11 is 12.3. The molecule has 2 aromatic carbocycles. The molecule has 4 rings (SSSR count). The second-order valence-corrected chi connectivity index (χ2v) is 12.6. The zero-order chi connectivity index (χ0) is 27.7. The molecule has 8 nitrogen and oxygen atoms in total. The summed E-state index contributed by atoms with van der Waals surface area (Å²) in [5.74, 6) is 1.50. The van der Waals surface area contributed by atoms with E-state index in [0.717, 1.165) is 12.0 Å². The summed E-state index contributed by atoms with van der Waals surface area (Å²) in [6.45, 7) is 5.16. The lowest BCUT2D eigenvalue weighted by Crippen LogP contribution is -2.60. The predicted molar refractivity (Wildman–Crippen MR) is 149 cm³/mol. The first-order chi connectivity index (χ1) is 18.1. The van der Waals surface area contributed by atoms with Gasteiger partial charge in [0.25, 0.3) is 0 Å². The third-order valence-corrected chi connectivity index (χ3v) is 10.7. The first kappa shape index (κ1) is 29.0. The van der Waals surface area contributed by atoms with E-state index in [2.05, 4.69) is 19.2 Å². The Morgan fingerprint density at radius 3 is 2.42 bits per heavy atom. The van der Waals surface area contributed by atoms with Gasteiger partial charge in [0, 0.05) is 19.6 Å². The van der Waals surface area contributed by atoms with Gasteiger partial charge in [0.05, 0.1) is 36.0 Å². The first-order valence-corrected chi connectivity index (χ1v) is 15.0. The van der Waals surface area contributed by atoms with Crippen molar-refractivity contribution in [3.63, 3.8) is 0 Å². The normalized spacial score (nSPS) is 20.6. The van der Waals surface area contributed by atoms with E-state index in [1.807, 2.05) is 23.1 Å². The zero-order valence-electron chi connectivity index (χ0n) is 22.2. The summed E-state index contributed by atoms with van der Waals surface area (Å²) in [4.78, 5) is 15.6. The number of nitrogens with zero attached hydrogens (tertiary/aromatic N) is 2. The van der Waals surface area contributed by atoms with Gasteiger partial charge < -0.3 is 14.4 Å². The fourth-order valence-electron chi connectivity index (χ4n) is 5.36. The lowest BCUT2D eigenvalue weighted by molar-refractivity contribution is -0.133. The average Bonchev–Trinajstić information content (AvgIpc) is 3.18. The molecular formula is C27H35Cl2N3O5S. The number of halogens is 2. The molecule has 2 aromatic rings. The van der Waals surface area contributed by atoms with E-state index in [4.69, 9.17) is 32.7 Å². The third kappa shape index (κ3) is 5.36. The van der Waals surface area contributed by atoms with Gasteiger partial charge in [-0.2, -0.15) is 4.31 Å². The van der Waals surface area contributed by atoms with Gasteiger partial charge in [-0.05, 0) is 55.0 Å². The van der Waals surface area contributed by atoms with Gasteiger partial charge in [-0.1, -0.05) is 55.6 Å². The van der Waals surface area contributed by atoms with Gasteiger partial charge in [-0.25, -0.2) is 8.42 Å². The molecular weight excluding hydrogens is 549 g/mol. The number of ether oxygens (including phenoxy) is 2. The van der Waals surface area contributed by atoms with E-state index in [1.165, 1.54) is 10.4 Å².